The third-order valence-electron chi connectivity index (χ3n) is 2.73. The summed E-state index contributed by atoms with van der Waals surface area (Å²) in [7, 11) is 1.69. The van der Waals surface area contributed by atoms with E-state index in [1.165, 1.54) is 0 Å². The van der Waals surface area contributed by atoms with Gasteiger partial charge in [0.15, 0.2) is 4.34 Å². The number of methoxy groups -OCH3 is 1. The summed E-state index contributed by atoms with van der Waals surface area (Å²) in [5, 5.41) is 12.3. The Kier molecular flexibility index (Phi) is 6.86. The van der Waals surface area contributed by atoms with Gasteiger partial charge in [-0.1, -0.05) is 23.1 Å². The van der Waals surface area contributed by atoms with Crippen molar-refractivity contribution in [2.75, 3.05) is 64.2 Å². The Bertz CT molecular complexity index is 358. The van der Waals surface area contributed by atoms with Gasteiger partial charge >= 0.3 is 0 Å². The van der Waals surface area contributed by atoms with Gasteiger partial charge in [-0.15, -0.1) is 10.2 Å². The zero-order valence-corrected chi connectivity index (χ0v) is 12.8. The summed E-state index contributed by atoms with van der Waals surface area (Å²) >= 11 is 3.37. The zero-order chi connectivity index (χ0) is 13.3. The number of morpholine rings is 1. The quantitative estimate of drug-likeness (QED) is 0.568. The molecule has 0 bridgehead atoms. The number of thioether (sulfide) groups is 1. The van der Waals surface area contributed by atoms with Gasteiger partial charge in [0.2, 0.25) is 5.13 Å². The van der Waals surface area contributed by atoms with Crippen molar-refractivity contribution in [3.05, 3.63) is 0 Å². The van der Waals surface area contributed by atoms with E-state index in [9.17, 15) is 0 Å². The van der Waals surface area contributed by atoms with Gasteiger partial charge in [-0.25, -0.2) is 0 Å². The van der Waals surface area contributed by atoms with Gasteiger partial charge in [0.25, 0.3) is 0 Å². The first kappa shape index (κ1) is 15.0. The van der Waals surface area contributed by atoms with Crippen LogP contribution in [0.3, 0.4) is 0 Å². The van der Waals surface area contributed by atoms with E-state index < -0.39 is 0 Å². The van der Waals surface area contributed by atoms with Crippen LogP contribution in [-0.4, -0.2) is 74.0 Å². The molecular formula is C11H20N4O2S2. The lowest BCUT2D eigenvalue weighted by Crippen LogP contribution is -2.37. The minimum atomic E-state index is 0.680. The van der Waals surface area contributed by atoms with Crippen LogP contribution in [0, 0.1) is 0 Å². The summed E-state index contributed by atoms with van der Waals surface area (Å²) in [6, 6.07) is 0. The fraction of sp³-hybridized carbons (Fsp3) is 0.818. The predicted octanol–water partition coefficient (Wildman–Crippen LogP) is 1.02. The average molecular weight is 304 g/mol. The maximum absolute atomic E-state index is 5.33. The standard InChI is InChI=1S/C11H20N4O2S2/c1-16-6-2-12-10-13-14-11(19-10)18-9-5-15-3-7-17-8-4-15/h2-9H2,1H3,(H,12,13). The van der Waals surface area contributed by atoms with Crippen LogP contribution in [0.15, 0.2) is 4.34 Å². The summed E-state index contributed by atoms with van der Waals surface area (Å²) in [6.07, 6.45) is 0. The van der Waals surface area contributed by atoms with E-state index in [4.69, 9.17) is 9.47 Å². The van der Waals surface area contributed by atoms with E-state index in [0.29, 0.717) is 6.61 Å². The molecular weight excluding hydrogens is 284 g/mol. The summed E-state index contributed by atoms with van der Waals surface area (Å²) in [5.41, 5.74) is 0. The highest BCUT2D eigenvalue weighted by Crippen LogP contribution is 2.25. The van der Waals surface area contributed by atoms with E-state index in [1.54, 1.807) is 30.2 Å². The largest absolute Gasteiger partial charge is 0.383 e. The number of rotatable bonds is 8. The zero-order valence-electron chi connectivity index (χ0n) is 11.1. The molecule has 8 heteroatoms. The number of anilines is 1. The second-order valence-electron chi connectivity index (χ2n) is 4.10. The molecule has 6 nitrogen and oxygen atoms in total. The molecule has 1 fully saturated rings. The highest BCUT2D eigenvalue weighted by Gasteiger charge is 2.10. The Morgan fingerprint density at radius 1 is 1.42 bits per heavy atom. The van der Waals surface area contributed by atoms with Gasteiger partial charge in [0.1, 0.15) is 0 Å². The summed E-state index contributed by atoms with van der Waals surface area (Å²) in [5.74, 6) is 1.05. The Hall–Kier alpha value is -0.410. The number of hydrogen-bond donors (Lipinski definition) is 1. The first-order valence-electron chi connectivity index (χ1n) is 6.37. The van der Waals surface area contributed by atoms with Crippen molar-refractivity contribution in [3.63, 3.8) is 0 Å². The molecule has 19 heavy (non-hydrogen) atoms. The summed E-state index contributed by atoms with van der Waals surface area (Å²) in [4.78, 5) is 2.43. The van der Waals surface area contributed by atoms with E-state index in [2.05, 4.69) is 20.4 Å². The van der Waals surface area contributed by atoms with Crippen molar-refractivity contribution < 1.29 is 9.47 Å². The molecule has 0 aliphatic carbocycles. The molecule has 1 aliphatic heterocycles. The SMILES string of the molecule is COCCNc1nnc(SCCN2CCOCC2)s1. The molecule has 0 atom stereocenters. The van der Waals surface area contributed by atoms with Gasteiger partial charge < -0.3 is 14.8 Å². The van der Waals surface area contributed by atoms with Crippen LogP contribution in [0.1, 0.15) is 0 Å². The van der Waals surface area contributed by atoms with Crippen molar-refractivity contribution in [2.24, 2.45) is 0 Å². The second kappa shape index (κ2) is 8.70. The van der Waals surface area contributed by atoms with Crippen LogP contribution in [0.5, 0.6) is 0 Å². The average Bonchev–Trinajstić information content (AvgIpc) is 2.88. The lowest BCUT2D eigenvalue weighted by Gasteiger charge is -2.25. The summed E-state index contributed by atoms with van der Waals surface area (Å²) < 4.78 is 11.3. The lowest BCUT2D eigenvalue weighted by molar-refractivity contribution is 0.0410. The fourth-order valence-electron chi connectivity index (χ4n) is 1.69. The Labute approximate surface area is 121 Å². The molecule has 0 amide bonds. The highest BCUT2D eigenvalue weighted by molar-refractivity contribution is 8.01. The highest BCUT2D eigenvalue weighted by atomic mass is 32.2. The van der Waals surface area contributed by atoms with E-state index in [1.807, 2.05) is 0 Å². The Balaban J connectivity index is 1.62. The van der Waals surface area contributed by atoms with Gasteiger partial charge in [-0.3, -0.25) is 4.90 Å². The van der Waals surface area contributed by atoms with Crippen molar-refractivity contribution >= 4 is 28.2 Å². The molecule has 0 unspecified atom stereocenters. The second-order valence-corrected chi connectivity index (χ2v) is 6.41. The first-order chi connectivity index (χ1) is 9.38. The maximum Gasteiger partial charge on any atom is 0.206 e. The van der Waals surface area contributed by atoms with Crippen molar-refractivity contribution in [1.29, 1.82) is 0 Å². The normalized spacial score (nSPS) is 16.7. The Morgan fingerprint density at radius 3 is 3.05 bits per heavy atom. The third-order valence-corrected chi connectivity index (χ3v) is 4.72. The fourth-order valence-corrected chi connectivity index (χ4v) is 3.53. The van der Waals surface area contributed by atoms with Crippen LogP contribution < -0.4 is 5.32 Å². The van der Waals surface area contributed by atoms with Crippen LogP contribution in [-0.2, 0) is 9.47 Å². The molecule has 0 aromatic carbocycles. The van der Waals surface area contributed by atoms with Gasteiger partial charge in [0, 0.05) is 39.0 Å². The smallest absolute Gasteiger partial charge is 0.206 e. The molecule has 1 aromatic heterocycles. The van der Waals surface area contributed by atoms with Crippen LogP contribution in [0.2, 0.25) is 0 Å². The minimum absolute atomic E-state index is 0.680. The van der Waals surface area contributed by atoms with Crippen LogP contribution >= 0.6 is 23.1 Å². The van der Waals surface area contributed by atoms with Gasteiger partial charge in [0.05, 0.1) is 19.8 Å². The molecule has 1 aliphatic rings. The number of nitrogens with zero attached hydrogens (tertiary/aromatic N) is 3. The molecule has 0 radical (unpaired) electrons. The Morgan fingerprint density at radius 2 is 2.26 bits per heavy atom. The van der Waals surface area contributed by atoms with E-state index in [-0.39, 0.29) is 0 Å². The first-order valence-corrected chi connectivity index (χ1v) is 8.18. The molecule has 1 aromatic rings. The number of aromatic nitrogens is 2. The molecule has 1 N–H and O–H groups in total. The monoisotopic (exact) mass is 304 g/mol. The maximum atomic E-state index is 5.33. The van der Waals surface area contributed by atoms with Crippen molar-refractivity contribution in [3.8, 4) is 0 Å². The minimum Gasteiger partial charge on any atom is -0.383 e. The molecule has 108 valence electrons. The predicted molar refractivity (Wildman–Crippen MR) is 78.3 cm³/mol. The van der Waals surface area contributed by atoms with Gasteiger partial charge in [-0.05, 0) is 0 Å². The van der Waals surface area contributed by atoms with E-state index >= 15 is 0 Å². The van der Waals surface area contributed by atoms with Gasteiger partial charge in [-0.2, -0.15) is 0 Å². The topological polar surface area (TPSA) is 59.5 Å². The lowest BCUT2D eigenvalue weighted by atomic mass is 10.4. The molecule has 2 rings (SSSR count). The molecule has 2 heterocycles. The number of ether oxygens (including phenoxy) is 2. The number of nitrogens with one attached hydrogen (secondary N) is 1. The number of hydrogen-bond acceptors (Lipinski definition) is 8. The molecule has 0 spiro atoms. The third kappa shape index (κ3) is 5.62. The summed E-state index contributed by atoms with van der Waals surface area (Å²) in [6.45, 7) is 6.33. The molecule has 0 saturated carbocycles. The molecule has 1 saturated heterocycles. The van der Waals surface area contributed by atoms with Crippen LogP contribution in [0.4, 0.5) is 5.13 Å². The van der Waals surface area contributed by atoms with Crippen LogP contribution in [0.25, 0.3) is 0 Å². The van der Waals surface area contributed by atoms with Crippen molar-refractivity contribution in [2.45, 2.75) is 4.34 Å². The van der Waals surface area contributed by atoms with Crippen molar-refractivity contribution in [1.82, 2.24) is 15.1 Å². The van der Waals surface area contributed by atoms with E-state index in [0.717, 1.165) is 54.6 Å².